The minimum Gasteiger partial charge on any atom is -0.314 e. The average Bonchev–Trinajstić information content (AvgIpc) is 1.97. The molecule has 0 spiro atoms. The van der Waals surface area contributed by atoms with E-state index in [4.69, 9.17) is 0 Å². The molecule has 0 bridgehead atoms. The van der Waals surface area contributed by atoms with Crippen molar-refractivity contribution in [3.05, 3.63) is 0 Å². The zero-order valence-electron chi connectivity index (χ0n) is 8.48. The maximum absolute atomic E-state index is 3.52. The summed E-state index contributed by atoms with van der Waals surface area (Å²) in [6, 6.07) is 0.706. The first-order valence-corrected chi connectivity index (χ1v) is 4.90. The van der Waals surface area contributed by atoms with Crippen LogP contribution in [0.5, 0.6) is 0 Å². The maximum Gasteiger partial charge on any atom is 0.00388 e. The van der Waals surface area contributed by atoms with Gasteiger partial charge in [0, 0.05) is 6.04 Å². The van der Waals surface area contributed by atoms with Crippen LogP contribution in [0.1, 0.15) is 47.0 Å². The summed E-state index contributed by atoms with van der Waals surface area (Å²) in [6.07, 6.45) is 3.99. The predicted octanol–water partition coefficient (Wildman–Crippen LogP) is 2.81. The molecule has 1 atom stereocenters. The standard InChI is InChI=1S/C10H23N/c1-5-6-7-10(4)11-8-9(2)3/h9-11H,5-8H2,1-4H3. The van der Waals surface area contributed by atoms with Crippen molar-refractivity contribution in [2.24, 2.45) is 5.92 Å². The van der Waals surface area contributed by atoms with Gasteiger partial charge in [-0.2, -0.15) is 0 Å². The Labute approximate surface area is 71.6 Å². The zero-order valence-corrected chi connectivity index (χ0v) is 8.48. The molecule has 0 radical (unpaired) electrons. The molecule has 0 heterocycles. The van der Waals surface area contributed by atoms with Gasteiger partial charge in [0.1, 0.15) is 0 Å². The molecule has 1 N–H and O–H groups in total. The first-order valence-electron chi connectivity index (χ1n) is 4.90. The van der Waals surface area contributed by atoms with Crippen molar-refractivity contribution >= 4 is 0 Å². The third kappa shape index (κ3) is 7.86. The van der Waals surface area contributed by atoms with E-state index >= 15 is 0 Å². The van der Waals surface area contributed by atoms with Crippen LogP contribution >= 0.6 is 0 Å². The third-order valence-electron chi connectivity index (χ3n) is 1.87. The molecule has 1 nitrogen and oxygen atoms in total. The lowest BCUT2D eigenvalue weighted by Crippen LogP contribution is -2.29. The number of rotatable bonds is 6. The summed E-state index contributed by atoms with van der Waals surface area (Å²) in [5, 5.41) is 3.52. The fourth-order valence-electron chi connectivity index (χ4n) is 1.05. The van der Waals surface area contributed by atoms with Gasteiger partial charge in [-0.05, 0) is 25.8 Å². The topological polar surface area (TPSA) is 12.0 Å². The van der Waals surface area contributed by atoms with Crippen molar-refractivity contribution in [2.45, 2.75) is 53.0 Å². The van der Waals surface area contributed by atoms with Crippen LogP contribution in [0.2, 0.25) is 0 Å². The van der Waals surface area contributed by atoms with Crippen LogP contribution in [0.4, 0.5) is 0 Å². The summed E-state index contributed by atoms with van der Waals surface area (Å²) < 4.78 is 0. The van der Waals surface area contributed by atoms with Crippen LogP contribution in [-0.4, -0.2) is 12.6 Å². The molecule has 1 unspecified atom stereocenters. The van der Waals surface area contributed by atoms with E-state index < -0.39 is 0 Å². The lowest BCUT2D eigenvalue weighted by atomic mass is 10.1. The summed E-state index contributed by atoms with van der Waals surface area (Å²) in [5.74, 6) is 0.777. The van der Waals surface area contributed by atoms with Crippen molar-refractivity contribution in [1.82, 2.24) is 5.32 Å². The molecule has 0 aliphatic heterocycles. The fraction of sp³-hybridized carbons (Fsp3) is 1.00. The highest BCUT2D eigenvalue weighted by Crippen LogP contribution is 2.00. The number of hydrogen-bond donors (Lipinski definition) is 1. The van der Waals surface area contributed by atoms with Gasteiger partial charge < -0.3 is 5.32 Å². The van der Waals surface area contributed by atoms with Gasteiger partial charge in [-0.1, -0.05) is 33.6 Å². The van der Waals surface area contributed by atoms with Crippen molar-refractivity contribution in [3.63, 3.8) is 0 Å². The molecular weight excluding hydrogens is 134 g/mol. The summed E-state index contributed by atoms with van der Waals surface area (Å²) in [7, 11) is 0. The smallest absolute Gasteiger partial charge is 0.00388 e. The summed E-state index contributed by atoms with van der Waals surface area (Å²) in [5.41, 5.74) is 0. The highest BCUT2D eigenvalue weighted by Gasteiger charge is 2.00. The Morgan fingerprint density at radius 1 is 1.18 bits per heavy atom. The molecule has 0 aromatic heterocycles. The van der Waals surface area contributed by atoms with Gasteiger partial charge in [0.2, 0.25) is 0 Å². The molecule has 11 heavy (non-hydrogen) atoms. The average molecular weight is 157 g/mol. The van der Waals surface area contributed by atoms with E-state index in [-0.39, 0.29) is 0 Å². The number of nitrogens with one attached hydrogen (secondary N) is 1. The van der Waals surface area contributed by atoms with E-state index in [9.17, 15) is 0 Å². The highest BCUT2D eigenvalue weighted by atomic mass is 14.9. The third-order valence-corrected chi connectivity index (χ3v) is 1.87. The summed E-state index contributed by atoms with van der Waals surface area (Å²) in [6.45, 7) is 10.2. The maximum atomic E-state index is 3.52. The molecule has 0 fully saturated rings. The number of hydrogen-bond acceptors (Lipinski definition) is 1. The van der Waals surface area contributed by atoms with E-state index in [1.807, 2.05) is 0 Å². The lowest BCUT2D eigenvalue weighted by Gasteiger charge is -2.14. The largest absolute Gasteiger partial charge is 0.314 e. The fourth-order valence-corrected chi connectivity index (χ4v) is 1.05. The van der Waals surface area contributed by atoms with E-state index in [0.717, 1.165) is 12.5 Å². The normalized spacial score (nSPS) is 13.9. The van der Waals surface area contributed by atoms with Crippen LogP contribution < -0.4 is 5.32 Å². The molecular formula is C10H23N. The van der Waals surface area contributed by atoms with E-state index in [1.165, 1.54) is 19.3 Å². The molecule has 0 saturated heterocycles. The van der Waals surface area contributed by atoms with Gasteiger partial charge in [0.05, 0.1) is 0 Å². The zero-order chi connectivity index (χ0) is 8.69. The molecule has 0 amide bonds. The minimum atomic E-state index is 0.706. The molecule has 0 aliphatic rings. The lowest BCUT2D eigenvalue weighted by molar-refractivity contribution is 0.453. The van der Waals surface area contributed by atoms with E-state index in [0.29, 0.717) is 6.04 Å². The highest BCUT2D eigenvalue weighted by molar-refractivity contribution is 4.61. The van der Waals surface area contributed by atoms with Gasteiger partial charge in [-0.15, -0.1) is 0 Å². The molecule has 68 valence electrons. The Balaban J connectivity index is 3.15. The Morgan fingerprint density at radius 2 is 1.82 bits per heavy atom. The Kier molecular flexibility index (Phi) is 6.63. The van der Waals surface area contributed by atoms with Crippen LogP contribution in [0.3, 0.4) is 0 Å². The summed E-state index contributed by atoms with van der Waals surface area (Å²) in [4.78, 5) is 0. The van der Waals surface area contributed by atoms with Gasteiger partial charge in [0.25, 0.3) is 0 Å². The van der Waals surface area contributed by atoms with Gasteiger partial charge in [-0.3, -0.25) is 0 Å². The predicted molar refractivity (Wildman–Crippen MR) is 51.8 cm³/mol. The van der Waals surface area contributed by atoms with E-state index in [2.05, 4.69) is 33.0 Å². The monoisotopic (exact) mass is 157 g/mol. The van der Waals surface area contributed by atoms with Crippen LogP contribution in [0, 0.1) is 5.92 Å². The van der Waals surface area contributed by atoms with Gasteiger partial charge >= 0.3 is 0 Å². The second kappa shape index (κ2) is 6.66. The van der Waals surface area contributed by atoms with Crippen LogP contribution in [0.25, 0.3) is 0 Å². The van der Waals surface area contributed by atoms with Crippen molar-refractivity contribution in [1.29, 1.82) is 0 Å². The van der Waals surface area contributed by atoms with Crippen LogP contribution in [0.15, 0.2) is 0 Å². The molecule has 0 aromatic rings. The van der Waals surface area contributed by atoms with Gasteiger partial charge in [0.15, 0.2) is 0 Å². The van der Waals surface area contributed by atoms with E-state index in [1.54, 1.807) is 0 Å². The van der Waals surface area contributed by atoms with Crippen molar-refractivity contribution < 1.29 is 0 Å². The molecule has 0 saturated carbocycles. The molecule has 0 aliphatic carbocycles. The van der Waals surface area contributed by atoms with Crippen molar-refractivity contribution in [2.75, 3.05) is 6.54 Å². The quantitative estimate of drug-likeness (QED) is 0.625. The SMILES string of the molecule is CCCCC(C)NCC(C)C. The molecule has 0 rings (SSSR count). The molecule has 0 aromatic carbocycles. The second-order valence-electron chi connectivity index (χ2n) is 3.85. The minimum absolute atomic E-state index is 0.706. The summed E-state index contributed by atoms with van der Waals surface area (Å²) >= 11 is 0. The van der Waals surface area contributed by atoms with Crippen molar-refractivity contribution in [3.8, 4) is 0 Å². The first-order chi connectivity index (χ1) is 5.16. The Hall–Kier alpha value is -0.0400. The molecule has 1 heteroatoms. The number of unbranched alkanes of at least 4 members (excludes halogenated alkanes) is 1. The van der Waals surface area contributed by atoms with Crippen LogP contribution in [-0.2, 0) is 0 Å². The second-order valence-corrected chi connectivity index (χ2v) is 3.85. The first kappa shape index (κ1) is 11.0. The Bertz CT molecular complexity index is 78.9. The van der Waals surface area contributed by atoms with Gasteiger partial charge in [-0.25, -0.2) is 0 Å². The Morgan fingerprint density at radius 3 is 2.27 bits per heavy atom.